The zero-order chi connectivity index (χ0) is 14.0. The van der Waals surface area contributed by atoms with Crippen LogP contribution in [0.5, 0.6) is 0 Å². The summed E-state index contributed by atoms with van der Waals surface area (Å²) < 4.78 is 0. The lowest BCUT2D eigenvalue weighted by Gasteiger charge is -2.39. The number of aromatic nitrogens is 1. The first kappa shape index (κ1) is 13.6. The van der Waals surface area contributed by atoms with Gasteiger partial charge in [0.2, 0.25) is 5.91 Å². The van der Waals surface area contributed by atoms with Crippen LogP contribution in [0.1, 0.15) is 31.3 Å². The summed E-state index contributed by atoms with van der Waals surface area (Å²) >= 11 is 0. The summed E-state index contributed by atoms with van der Waals surface area (Å²) in [4.78, 5) is 30.9. The van der Waals surface area contributed by atoms with Gasteiger partial charge in [-0.25, -0.2) is 0 Å². The van der Waals surface area contributed by atoms with Crippen LogP contribution in [0, 0.1) is 5.92 Å². The lowest BCUT2D eigenvalue weighted by Crippen LogP contribution is -2.58. The Labute approximate surface area is 113 Å². The normalized spacial score (nSPS) is 20.2. The summed E-state index contributed by atoms with van der Waals surface area (Å²) in [6.45, 7) is 7.96. The van der Waals surface area contributed by atoms with Crippen LogP contribution in [-0.2, 0) is 4.79 Å². The molecule has 1 fully saturated rings. The van der Waals surface area contributed by atoms with Crippen molar-refractivity contribution in [1.29, 1.82) is 0 Å². The molecule has 1 saturated heterocycles. The summed E-state index contributed by atoms with van der Waals surface area (Å²) in [6, 6.07) is 3.14. The maximum atomic E-state index is 12.3. The summed E-state index contributed by atoms with van der Waals surface area (Å²) in [5, 5.41) is 0. The van der Waals surface area contributed by atoms with Crippen molar-refractivity contribution in [3.05, 3.63) is 24.0 Å². The lowest BCUT2D eigenvalue weighted by molar-refractivity contribution is -0.140. The number of amides is 2. The first-order chi connectivity index (χ1) is 9.00. The van der Waals surface area contributed by atoms with E-state index in [1.54, 1.807) is 30.2 Å². The van der Waals surface area contributed by atoms with Crippen molar-refractivity contribution in [2.45, 2.75) is 26.8 Å². The van der Waals surface area contributed by atoms with Crippen LogP contribution in [0.2, 0.25) is 0 Å². The number of H-pyrrole nitrogens is 1. The van der Waals surface area contributed by atoms with E-state index in [2.05, 4.69) is 18.8 Å². The molecule has 5 heteroatoms. The van der Waals surface area contributed by atoms with Crippen LogP contribution in [0.3, 0.4) is 0 Å². The standard InChI is InChI=1S/C14H21N3O2/c1-10(2)9-16-7-8-17(11(3)13(16)18)14(19)12-5-4-6-15-12/h4-6,10-11,15H,7-9H2,1-3H3/t11-/m0/s1. The van der Waals surface area contributed by atoms with E-state index in [0.717, 1.165) is 6.54 Å². The van der Waals surface area contributed by atoms with E-state index < -0.39 is 0 Å². The lowest BCUT2D eigenvalue weighted by atomic mass is 10.1. The molecule has 19 heavy (non-hydrogen) atoms. The maximum absolute atomic E-state index is 12.3. The SMILES string of the molecule is CC(C)CN1CCN(C(=O)c2ccc[nH]2)[C@@H](C)C1=O. The molecule has 1 N–H and O–H groups in total. The van der Waals surface area contributed by atoms with Gasteiger partial charge in [-0.2, -0.15) is 0 Å². The molecule has 1 atom stereocenters. The van der Waals surface area contributed by atoms with Gasteiger partial charge in [-0.05, 0) is 25.0 Å². The number of nitrogens with zero attached hydrogens (tertiary/aromatic N) is 2. The Balaban J connectivity index is 2.07. The third kappa shape index (κ3) is 2.80. The van der Waals surface area contributed by atoms with Crippen LogP contribution < -0.4 is 0 Å². The van der Waals surface area contributed by atoms with Gasteiger partial charge in [0.1, 0.15) is 11.7 Å². The third-order valence-corrected chi connectivity index (χ3v) is 3.42. The van der Waals surface area contributed by atoms with Gasteiger partial charge >= 0.3 is 0 Å². The predicted octanol–water partition coefficient (Wildman–Crippen LogP) is 1.34. The van der Waals surface area contributed by atoms with Crippen LogP contribution in [-0.4, -0.2) is 52.3 Å². The van der Waals surface area contributed by atoms with Crippen LogP contribution in [0.15, 0.2) is 18.3 Å². The molecule has 104 valence electrons. The summed E-state index contributed by atoms with van der Waals surface area (Å²) in [7, 11) is 0. The van der Waals surface area contributed by atoms with Crippen LogP contribution >= 0.6 is 0 Å². The average Bonchev–Trinajstić information content (AvgIpc) is 2.88. The minimum atomic E-state index is -0.386. The fraction of sp³-hybridized carbons (Fsp3) is 0.571. The number of hydrogen-bond donors (Lipinski definition) is 1. The van der Waals surface area contributed by atoms with Crippen LogP contribution in [0.25, 0.3) is 0 Å². The largest absolute Gasteiger partial charge is 0.357 e. The molecule has 0 radical (unpaired) electrons. The molecule has 0 aliphatic carbocycles. The molecule has 5 nitrogen and oxygen atoms in total. The van der Waals surface area contributed by atoms with Gasteiger partial charge < -0.3 is 14.8 Å². The number of carbonyl (C=O) groups excluding carboxylic acids is 2. The van der Waals surface area contributed by atoms with Crippen LogP contribution in [0.4, 0.5) is 0 Å². The molecule has 0 unspecified atom stereocenters. The molecule has 0 aromatic carbocycles. The molecule has 0 saturated carbocycles. The molecule has 1 aromatic rings. The zero-order valence-corrected chi connectivity index (χ0v) is 11.7. The van der Waals surface area contributed by atoms with Crippen molar-refractivity contribution in [3.8, 4) is 0 Å². The second-order valence-corrected chi connectivity index (χ2v) is 5.44. The highest BCUT2D eigenvalue weighted by molar-refractivity contribution is 5.96. The van der Waals surface area contributed by atoms with E-state index in [-0.39, 0.29) is 17.9 Å². The number of nitrogens with one attached hydrogen (secondary N) is 1. The molecule has 1 aromatic heterocycles. The smallest absolute Gasteiger partial charge is 0.270 e. The minimum Gasteiger partial charge on any atom is -0.357 e. The van der Waals surface area contributed by atoms with Gasteiger partial charge in [-0.1, -0.05) is 13.8 Å². The summed E-state index contributed by atoms with van der Waals surface area (Å²) in [6.07, 6.45) is 1.72. The van der Waals surface area contributed by atoms with Crippen molar-refractivity contribution < 1.29 is 9.59 Å². The molecule has 0 bridgehead atoms. The van der Waals surface area contributed by atoms with Gasteiger partial charge in [0.15, 0.2) is 0 Å². The molecule has 1 aliphatic heterocycles. The number of aromatic amines is 1. The van der Waals surface area contributed by atoms with Gasteiger partial charge in [-0.3, -0.25) is 9.59 Å². The first-order valence-electron chi connectivity index (χ1n) is 6.74. The van der Waals surface area contributed by atoms with E-state index >= 15 is 0 Å². The second kappa shape index (κ2) is 5.47. The van der Waals surface area contributed by atoms with Gasteiger partial charge in [0.25, 0.3) is 5.91 Å². The van der Waals surface area contributed by atoms with E-state index in [0.29, 0.717) is 24.7 Å². The van der Waals surface area contributed by atoms with E-state index in [4.69, 9.17) is 0 Å². The fourth-order valence-electron chi connectivity index (χ4n) is 2.45. The van der Waals surface area contributed by atoms with E-state index in [1.807, 2.05) is 4.90 Å². The zero-order valence-electron chi connectivity index (χ0n) is 11.7. The second-order valence-electron chi connectivity index (χ2n) is 5.44. The number of rotatable bonds is 3. The van der Waals surface area contributed by atoms with Gasteiger partial charge in [0.05, 0.1) is 0 Å². The minimum absolute atomic E-state index is 0.0415. The molecule has 0 spiro atoms. The summed E-state index contributed by atoms with van der Waals surface area (Å²) in [5.74, 6) is 0.386. The number of hydrogen-bond acceptors (Lipinski definition) is 2. The molecule has 2 heterocycles. The summed E-state index contributed by atoms with van der Waals surface area (Å²) in [5.41, 5.74) is 0.539. The van der Waals surface area contributed by atoms with Crippen molar-refractivity contribution in [1.82, 2.24) is 14.8 Å². The maximum Gasteiger partial charge on any atom is 0.270 e. The Hall–Kier alpha value is -1.78. The Bertz CT molecular complexity index is 453. The van der Waals surface area contributed by atoms with E-state index in [1.165, 1.54) is 0 Å². The highest BCUT2D eigenvalue weighted by Gasteiger charge is 2.34. The Morgan fingerprint density at radius 3 is 2.79 bits per heavy atom. The monoisotopic (exact) mass is 263 g/mol. The molecular weight excluding hydrogens is 242 g/mol. The topological polar surface area (TPSA) is 56.4 Å². The first-order valence-corrected chi connectivity index (χ1v) is 6.74. The molecular formula is C14H21N3O2. The molecule has 2 rings (SSSR count). The van der Waals surface area contributed by atoms with Crippen molar-refractivity contribution >= 4 is 11.8 Å². The fourth-order valence-corrected chi connectivity index (χ4v) is 2.45. The Kier molecular flexibility index (Phi) is 3.93. The Morgan fingerprint density at radius 1 is 1.47 bits per heavy atom. The highest BCUT2D eigenvalue weighted by atomic mass is 16.2. The van der Waals surface area contributed by atoms with Crippen molar-refractivity contribution in [2.24, 2.45) is 5.92 Å². The van der Waals surface area contributed by atoms with Gasteiger partial charge in [0, 0.05) is 25.8 Å². The van der Waals surface area contributed by atoms with Gasteiger partial charge in [-0.15, -0.1) is 0 Å². The van der Waals surface area contributed by atoms with Crippen molar-refractivity contribution in [3.63, 3.8) is 0 Å². The highest BCUT2D eigenvalue weighted by Crippen LogP contribution is 2.15. The number of carbonyl (C=O) groups is 2. The average molecular weight is 263 g/mol. The third-order valence-electron chi connectivity index (χ3n) is 3.42. The number of piperazine rings is 1. The van der Waals surface area contributed by atoms with E-state index in [9.17, 15) is 9.59 Å². The van der Waals surface area contributed by atoms with Crippen molar-refractivity contribution in [2.75, 3.05) is 19.6 Å². The Morgan fingerprint density at radius 2 is 2.21 bits per heavy atom. The quantitative estimate of drug-likeness (QED) is 0.894. The molecule has 2 amide bonds. The molecule has 1 aliphatic rings. The predicted molar refractivity (Wildman–Crippen MR) is 72.7 cm³/mol.